The first kappa shape index (κ1) is 15.4. The molecule has 0 aromatic carbocycles. The Morgan fingerprint density at radius 2 is 2.11 bits per heavy atom. The summed E-state index contributed by atoms with van der Waals surface area (Å²) in [5.74, 6) is -0.167. The van der Waals surface area contributed by atoms with E-state index in [0.29, 0.717) is 18.5 Å². The molecule has 1 fully saturated rings. The topological polar surface area (TPSA) is 52.6 Å². The van der Waals surface area contributed by atoms with Crippen LogP contribution in [0.5, 0.6) is 0 Å². The molecule has 1 aliphatic rings. The summed E-state index contributed by atoms with van der Waals surface area (Å²) in [6, 6.07) is 0.606. The lowest BCUT2D eigenvalue weighted by atomic mass is 10.0. The van der Waals surface area contributed by atoms with Gasteiger partial charge in [0.25, 0.3) is 0 Å². The number of hydrogen-bond donors (Lipinski definition) is 2. The van der Waals surface area contributed by atoms with E-state index in [4.69, 9.17) is 0 Å². The Morgan fingerprint density at radius 3 is 2.50 bits per heavy atom. The van der Waals surface area contributed by atoms with E-state index >= 15 is 0 Å². The summed E-state index contributed by atoms with van der Waals surface area (Å²) in [4.78, 5) is 13.9. The van der Waals surface area contributed by atoms with Gasteiger partial charge in [-0.3, -0.25) is 9.69 Å². The number of aliphatic carboxylic acids is 1. The van der Waals surface area contributed by atoms with Crippen molar-refractivity contribution < 1.29 is 9.90 Å². The average molecular weight is 256 g/mol. The maximum Gasteiger partial charge on any atom is 0.324 e. The Kier molecular flexibility index (Phi) is 5.60. The Morgan fingerprint density at radius 1 is 1.50 bits per heavy atom. The molecule has 0 aromatic heterocycles. The first-order valence-corrected chi connectivity index (χ1v) is 7.11. The van der Waals surface area contributed by atoms with Gasteiger partial charge in [-0.05, 0) is 38.6 Å². The molecule has 0 saturated heterocycles. The summed E-state index contributed by atoms with van der Waals surface area (Å²) < 4.78 is 0. The van der Waals surface area contributed by atoms with Crippen LogP contribution in [-0.4, -0.2) is 47.2 Å². The normalized spacial score (nSPS) is 19.2. The molecule has 1 rings (SSSR count). The summed E-state index contributed by atoms with van der Waals surface area (Å²) in [6.07, 6.45) is 3.39. The monoisotopic (exact) mass is 256 g/mol. The fraction of sp³-hybridized carbons (Fsp3) is 0.929. The van der Waals surface area contributed by atoms with Crippen LogP contribution in [0, 0.1) is 5.92 Å². The molecular formula is C14H28N2O2. The number of hydrogen-bond acceptors (Lipinski definition) is 3. The van der Waals surface area contributed by atoms with Gasteiger partial charge < -0.3 is 10.4 Å². The van der Waals surface area contributed by atoms with Crippen molar-refractivity contribution in [2.45, 2.75) is 58.5 Å². The van der Waals surface area contributed by atoms with Gasteiger partial charge in [-0.2, -0.15) is 0 Å². The van der Waals surface area contributed by atoms with Gasteiger partial charge in [-0.25, -0.2) is 0 Å². The second kappa shape index (κ2) is 6.53. The van der Waals surface area contributed by atoms with Gasteiger partial charge in [0.2, 0.25) is 0 Å². The zero-order valence-electron chi connectivity index (χ0n) is 12.2. The summed E-state index contributed by atoms with van der Waals surface area (Å²) in [7, 11) is 0. The molecule has 0 radical (unpaired) electrons. The van der Waals surface area contributed by atoms with Crippen LogP contribution in [0.15, 0.2) is 0 Å². The second-order valence-electron chi connectivity index (χ2n) is 6.12. The van der Waals surface area contributed by atoms with Crippen LogP contribution in [0.25, 0.3) is 0 Å². The Balaban J connectivity index is 2.63. The van der Waals surface area contributed by atoms with Crippen molar-refractivity contribution in [1.29, 1.82) is 0 Å². The number of rotatable bonds is 9. The summed E-state index contributed by atoms with van der Waals surface area (Å²) in [5.41, 5.74) is -0.826. The highest BCUT2D eigenvalue weighted by Gasteiger charge is 2.39. The number of carboxylic acids is 1. The Bertz CT molecular complexity index is 277. The van der Waals surface area contributed by atoms with E-state index in [1.165, 1.54) is 12.8 Å². The third-order valence-electron chi connectivity index (χ3n) is 3.42. The molecule has 4 nitrogen and oxygen atoms in total. The minimum Gasteiger partial charge on any atom is -0.480 e. The standard InChI is InChI=1S/C14H28N2O2/c1-5-8-15-14(4,13(17)18)10-16(9-11(2)3)12-6-7-12/h11-12,15H,5-10H2,1-4H3,(H,17,18). The van der Waals surface area contributed by atoms with Crippen molar-refractivity contribution in [3.05, 3.63) is 0 Å². The fourth-order valence-electron chi connectivity index (χ4n) is 2.26. The lowest BCUT2D eigenvalue weighted by Crippen LogP contribution is -2.57. The van der Waals surface area contributed by atoms with Crippen LogP contribution in [-0.2, 0) is 4.79 Å². The largest absolute Gasteiger partial charge is 0.480 e. The maximum absolute atomic E-state index is 11.5. The van der Waals surface area contributed by atoms with Gasteiger partial charge in [0.05, 0.1) is 0 Å². The molecule has 1 aliphatic carbocycles. The van der Waals surface area contributed by atoms with Gasteiger partial charge in [-0.1, -0.05) is 20.8 Å². The first-order valence-electron chi connectivity index (χ1n) is 7.11. The molecule has 0 amide bonds. The van der Waals surface area contributed by atoms with Gasteiger partial charge in [0.15, 0.2) is 0 Å². The predicted molar refractivity (Wildman–Crippen MR) is 73.8 cm³/mol. The number of nitrogens with zero attached hydrogens (tertiary/aromatic N) is 1. The second-order valence-corrected chi connectivity index (χ2v) is 6.12. The van der Waals surface area contributed by atoms with Crippen molar-refractivity contribution >= 4 is 5.97 Å². The lowest BCUT2D eigenvalue weighted by molar-refractivity contribution is -0.145. The molecule has 0 spiro atoms. The molecule has 0 heterocycles. The number of carboxylic acid groups (broad SMARTS) is 1. The lowest BCUT2D eigenvalue weighted by Gasteiger charge is -2.34. The maximum atomic E-state index is 11.5. The van der Waals surface area contributed by atoms with Crippen LogP contribution >= 0.6 is 0 Å². The van der Waals surface area contributed by atoms with Gasteiger partial charge >= 0.3 is 5.97 Å². The summed E-state index contributed by atoms with van der Waals surface area (Å²) >= 11 is 0. The van der Waals surface area contributed by atoms with Gasteiger partial charge in [-0.15, -0.1) is 0 Å². The quantitative estimate of drug-likeness (QED) is 0.662. The molecular weight excluding hydrogens is 228 g/mol. The van der Waals surface area contributed by atoms with Crippen molar-refractivity contribution in [3.8, 4) is 0 Å². The molecule has 0 bridgehead atoms. The highest BCUT2D eigenvalue weighted by Crippen LogP contribution is 2.29. The van der Waals surface area contributed by atoms with Crippen LogP contribution in [0.1, 0.15) is 47.0 Å². The zero-order valence-corrected chi connectivity index (χ0v) is 12.2. The van der Waals surface area contributed by atoms with E-state index in [9.17, 15) is 9.90 Å². The highest BCUT2D eigenvalue weighted by atomic mass is 16.4. The molecule has 18 heavy (non-hydrogen) atoms. The zero-order chi connectivity index (χ0) is 13.8. The average Bonchev–Trinajstić information content (AvgIpc) is 3.08. The summed E-state index contributed by atoms with van der Waals surface area (Å²) in [5, 5.41) is 12.6. The van der Waals surface area contributed by atoms with Crippen LogP contribution < -0.4 is 5.32 Å². The van der Waals surface area contributed by atoms with E-state index in [1.54, 1.807) is 6.92 Å². The molecule has 4 heteroatoms. The predicted octanol–water partition coefficient (Wildman–Crippen LogP) is 1.95. The van der Waals surface area contributed by atoms with Gasteiger partial charge in [0.1, 0.15) is 5.54 Å². The summed E-state index contributed by atoms with van der Waals surface area (Å²) in [6.45, 7) is 10.6. The van der Waals surface area contributed by atoms with E-state index in [-0.39, 0.29) is 0 Å². The minimum absolute atomic E-state index is 0.579. The first-order chi connectivity index (χ1) is 8.39. The van der Waals surface area contributed by atoms with Crippen molar-refractivity contribution in [3.63, 3.8) is 0 Å². The Hall–Kier alpha value is -0.610. The third-order valence-corrected chi connectivity index (χ3v) is 3.42. The van der Waals surface area contributed by atoms with E-state index in [2.05, 4.69) is 31.0 Å². The van der Waals surface area contributed by atoms with Gasteiger partial charge in [0, 0.05) is 19.1 Å². The van der Waals surface area contributed by atoms with Crippen molar-refractivity contribution in [2.24, 2.45) is 5.92 Å². The number of nitrogens with one attached hydrogen (secondary N) is 1. The number of carbonyl (C=O) groups is 1. The Labute approximate surface area is 111 Å². The molecule has 106 valence electrons. The molecule has 0 aliphatic heterocycles. The molecule has 1 unspecified atom stereocenters. The SMILES string of the molecule is CCCNC(C)(CN(CC(C)C)C1CC1)C(=O)O. The molecule has 1 saturated carbocycles. The van der Waals surface area contributed by atoms with Crippen LogP contribution in [0.4, 0.5) is 0 Å². The van der Waals surface area contributed by atoms with Crippen molar-refractivity contribution in [1.82, 2.24) is 10.2 Å². The minimum atomic E-state index is -0.826. The third kappa shape index (κ3) is 4.58. The van der Waals surface area contributed by atoms with E-state index in [0.717, 1.165) is 19.5 Å². The van der Waals surface area contributed by atoms with E-state index < -0.39 is 11.5 Å². The highest BCUT2D eigenvalue weighted by molar-refractivity contribution is 5.78. The van der Waals surface area contributed by atoms with E-state index in [1.807, 2.05) is 0 Å². The van der Waals surface area contributed by atoms with Crippen molar-refractivity contribution in [2.75, 3.05) is 19.6 Å². The molecule has 1 atom stereocenters. The molecule has 2 N–H and O–H groups in total. The van der Waals surface area contributed by atoms with Crippen LogP contribution in [0.3, 0.4) is 0 Å². The fourth-order valence-corrected chi connectivity index (χ4v) is 2.26. The van der Waals surface area contributed by atoms with Crippen LogP contribution in [0.2, 0.25) is 0 Å². The molecule has 0 aromatic rings. The smallest absolute Gasteiger partial charge is 0.324 e.